The Morgan fingerprint density at radius 2 is 2.04 bits per heavy atom. The van der Waals surface area contributed by atoms with Crippen LogP contribution in [0, 0.1) is 5.92 Å². The van der Waals surface area contributed by atoms with Gasteiger partial charge in [0.1, 0.15) is 0 Å². The number of aryl methyl sites for hydroxylation is 1. The number of Topliss-reactive ketones (excluding diaryl/α,β-unsaturated/α-hetero) is 1. The summed E-state index contributed by atoms with van der Waals surface area (Å²) in [5.41, 5.74) is 5.69. The van der Waals surface area contributed by atoms with Crippen molar-refractivity contribution < 1.29 is 4.79 Å². The van der Waals surface area contributed by atoms with Crippen LogP contribution in [0.4, 0.5) is 0 Å². The number of nitrogens with zero attached hydrogens (tertiary/aromatic N) is 2. The summed E-state index contributed by atoms with van der Waals surface area (Å²) in [4.78, 5) is 18.9. The highest BCUT2D eigenvalue weighted by molar-refractivity contribution is 7.98. The quantitative estimate of drug-likeness (QED) is 0.635. The summed E-state index contributed by atoms with van der Waals surface area (Å²) < 4.78 is 2.19. The molecule has 0 saturated carbocycles. The van der Waals surface area contributed by atoms with Crippen molar-refractivity contribution in [1.82, 2.24) is 9.55 Å². The average molecular weight is 346 g/mol. The summed E-state index contributed by atoms with van der Waals surface area (Å²) >= 11 is 1.73. The number of carbonyl (C=O) groups is 1. The third-order valence-electron chi connectivity index (χ3n) is 5.54. The number of rotatable bonds is 2. The van der Waals surface area contributed by atoms with Crippen LogP contribution in [0.3, 0.4) is 0 Å². The molecule has 2 aliphatic rings. The Bertz CT molecular complexity index is 991. The van der Waals surface area contributed by atoms with Gasteiger partial charge < -0.3 is 4.57 Å². The van der Waals surface area contributed by atoms with E-state index in [2.05, 4.69) is 52.2 Å². The van der Waals surface area contributed by atoms with Gasteiger partial charge in [-0.25, -0.2) is 4.98 Å². The summed E-state index contributed by atoms with van der Waals surface area (Å²) in [6.07, 6.45) is 7.71. The van der Waals surface area contributed by atoms with Crippen LogP contribution in [0.1, 0.15) is 33.9 Å². The topological polar surface area (TPSA) is 34.9 Å². The molecule has 0 N–H and O–H groups in total. The van der Waals surface area contributed by atoms with Gasteiger partial charge in [0.15, 0.2) is 5.78 Å². The molecule has 0 bridgehead atoms. The first-order valence-corrected chi connectivity index (χ1v) is 9.82. The lowest BCUT2D eigenvalue weighted by atomic mass is 9.77. The van der Waals surface area contributed by atoms with Gasteiger partial charge in [0.05, 0.1) is 24.3 Å². The summed E-state index contributed by atoms with van der Waals surface area (Å²) in [6.45, 7) is 0. The van der Waals surface area contributed by atoms with Crippen molar-refractivity contribution in [2.45, 2.75) is 23.8 Å². The lowest BCUT2D eigenvalue weighted by Crippen LogP contribution is -2.30. The van der Waals surface area contributed by atoms with Gasteiger partial charge in [-0.2, -0.15) is 0 Å². The van der Waals surface area contributed by atoms with Crippen molar-refractivity contribution in [3.05, 3.63) is 71.7 Å². The highest BCUT2D eigenvalue weighted by Crippen LogP contribution is 2.46. The summed E-state index contributed by atoms with van der Waals surface area (Å²) in [5.74, 6) is 0.250. The number of hydrogen-bond acceptors (Lipinski definition) is 3. The number of fused-ring (bicyclic) bond motifs is 4. The van der Waals surface area contributed by atoms with Crippen LogP contribution in [0.25, 0.3) is 11.3 Å². The minimum Gasteiger partial charge on any atom is -0.322 e. The van der Waals surface area contributed by atoms with Crippen LogP contribution in [0.5, 0.6) is 0 Å². The number of ketones is 1. The standard InChI is InChI=1S/C21H18N2OS/c1-25-14-7-9-15-13(10-14)6-8-18(21(15)24)20-17-5-3-2-4-16(17)19-11-22-12-23(19)20/h2-5,7,9-12,18,20H,6,8H2,1H3. The first kappa shape index (κ1) is 15.0. The van der Waals surface area contributed by atoms with Crippen LogP contribution >= 0.6 is 11.8 Å². The Kier molecular flexibility index (Phi) is 3.35. The maximum Gasteiger partial charge on any atom is 0.168 e. The third kappa shape index (κ3) is 2.13. The molecule has 0 fully saturated rings. The first-order valence-electron chi connectivity index (χ1n) is 8.60. The Balaban J connectivity index is 1.60. The smallest absolute Gasteiger partial charge is 0.168 e. The molecule has 0 radical (unpaired) electrons. The molecule has 2 heterocycles. The van der Waals surface area contributed by atoms with Crippen molar-refractivity contribution in [2.75, 3.05) is 6.26 Å². The molecule has 124 valence electrons. The Morgan fingerprint density at radius 1 is 1.16 bits per heavy atom. The largest absolute Gasteiger partial charge is 0.322 e. The molecule has 3 nitrogen and oxygen atoms in total. The zero-order valence-corrected chi connectivity index (χ0v) is 14.8. The van der Waals surface area contributed by atoms with Crippen molar-refractivity contribution >= 4 is 17.5 Å². The number of imidazole rings is 1. The number of benzene rings is 2. The SMILES string of the molecule is CSc1ccc2c(c1)CCC(C1c3ccccc3-c3cncn31)C2=O. The number of thioether (sulfide) groups is 1. The molecular formula is C21H18N2OS. The van der Waals surface area contributed by atoms with E-state index >= 15 is 0 Å². The Morgan fingerprint density at radius 3 is 2.92 bits per heavy atom. The minimum atomic E-state index is -0.0239. The van der Waals surface area contributed by atoms with E-state index in [9.17, 15) is 4.79 Å². The monoisotopic (exact) mass is 346 g/mol. The average Bonchev–Trinajstić information content (AvgIpc) is 3.23. The summed E-state index contributed by atoms with van der Waals surface area (Å²) in [6, 6.07) is 14.7. The molecule has 3 aromatic rings. The Hall–Kier alpha value is -2.33. The van der Waals surface area contributed by atoms with Crippen molar-refractivity contribution in [3.63, 3.8) is 0 Å². The fourth-order valence-electron chi connectivity index (χ4n) is 4.37. The van der Waals surface area contributed by atoms with Crippen LogP contribution < -0.4 is 0 Å². The maximum absolute atomic E-state index is 13.3. The predicted molar refractivity (Wildman–Crippen MR) is 100 cm³/mol. The van der Waals surface area contributed by atoms with E-state index in [1.165, 1.54) is 21.6 Å². The second kappa shape index (κ2) is 5.60. The van der Waals surface area contributed by atoms with Gasteiger partial charge in [-0.3, -0.25) is 4.79 Å². The molecule has 2 unspecified atom stereocenters. The second-order valence-corrected chi connectivity index (χ2v) is 7.63. The molecule has 1 aliphatic carbocycles. The number of carbonyl (C=O) groups excluding carboxylic acids is 1. The van der Waals surface area contributed by atoms with Crippen LogP contribution in [-0.2, 0) is 6.42 Å². The molecule has 2 atom stereocenters. The van der Waals surface area contributed by atoms with Crippen LogP contribution in [-0.4, -0.2) is 21.6 Å². The highest BCUT2D eigenvalue weighted by Gasteiger charge is 2.40. The predicted octanol–water partition coefficient (Wildman–Crippen LogP) is 4.62. The molecule has 1 aliphatic heterocycles. The number of aromatic nitrogens is 2. The number of hydrogen-bond donors (Lipinski definition) is 0. The van der Waals surface area contributed by atoms with Crippen molar-refractivity contribution in [3.8, 4) is 11.3 Å². The van der Waals surface area contributed by atoms with Gasteiger partial charge in [-0.1, -0.05) is 30.3 Å². The lowest BCUT2D eigenvalue weighted by molar-refractivity contribution is 0.0871. The zero-order valence-electron chi connectivity index (χ0n) is 14.0. The van der Waals surface area contributed by atoms with Crippen LogP contribution in [0.15, 0.2) is 59.9 Å². The van der Waals surface area contributed by atoms with Gasteiger partial charge in [0.25, 0.3) is 0 Å². The molecule has 25 heavy (non-hydrogen) atoms. The minimum absolute atomic E-state index is 0.0239. The van der Waals surface area contributed by atoms with Crippen molar-refractivity contribution in [2.24, 2.45) is 5.92 Å². The van der Waals surface area contributed by atoms with Gasteiger partial charge >= 0.3 is 0 Å². The molecule has 0 amide bonds. The molecule has 4 heteroatoms. The van der Waals surface area contributed by atoms with Gasteiger partial charge in [-0.15, -0.1) is 11.8 Å². The first-order chi connectivity index (χ1) is 12.3. The van der Waals surface area contributed by atoms with E-state index in [0.717, 1.165) is 24.1 Å². The van der Waals surface area contributed by atoms with Gasteiger partial charge in [0, 0.05) is 21.9 Å². The van der Waals surface area contributed by atoms with E-state index in [1.54, 1.807) is 11.8 Å². The van der Waals surface area contributed by atoms with Crippen LogP contribution in [0.2, 0.25) is 0 Å². The van der Waals surface area contributed by atoms with Gasteiger partial charge in [-0.05, 0) is 42.4 Å². The van der Waals surface area contributed by atoms with E-state index in [0.29, 0.717) is 0 Å². The van der Waals surface area contributed by atoms with E-state index in [1.807, 2.05) is 18.6 Å². The fourth-order valence-corrected chi connectivity index (χ4v) is 4.84. The molecule has 1 aromatic heterocycles. The Labute approximate surface area is 151 Å². The molecule has 2 aromatic carbocycles. The van der Waals surface area contributed by atoms with E-state index in [-0.39, 0.29) is 17.7 Å². The summed E-state index contributed by atoms with van der Waals surface area (Å²) in [7, 11) is 0. The maximum atomic E-state index is 13.3. The van der Waals surface area contributed by atoms with Crippen molar-refractivity contribution in [1.29, 1.82) is 0 Å². The lowest BCUT2D eigenvalue weighted by Gasteiger charge is -2.30. The second-order valence-electron chi connectivity index (χ2n) is 6.75. The highest BCUT2D eigenvalue weighted by atomic mass is 32.2. The molecule has 5 rings (SSSR count). The zero-order chi connectivity index (χ0) is 17.0. The normalized spacial score (nSPS) is 20.9. The molecular weight excluding hydrogens is 328 g/mol. The van der Waals surface area contributed by atoms with E-state index in [4.69, 9.17) is 0 Å². The third-order valence-corrected chi connectivity index (χ3v) is 6.27. The summed E-state index contributed by atoms with van der Waals surface area (Å²) in [5, 5.41) is 0. The molecule has 0 spiro atoms. The molecule has 0 saturated heterocycles. The van der Waals surface area contributed by atoms with Gasteiger partial charge in [0.2, 0.25) is 0 Å². The van der Waals surface area contributed by atoms with E-state index < -0.39 is 0 Å². The fraction of sp³-hybridized carbons (Fsp3) is 0.238.